The van der Waals surface area contributed by atoms with Crippen molar-refractivity contribution in [1.82, 2.24) is 9.97 Å². The van der Waals surface area contributed by atoms with Gasteiger partial charge in [0.1, 0.15) is 17.3 Å². The molecule has 0 aliphatic carbocycles. The lowest BCUT2D eigenvalue weighted by Crippen LogP contribution is -1.96. The molecule has 1 N–H and O–H groups in total. The molecule has 0 spiro atoms. The molecule has 1 heterocycles. The van der Waals surface area contributed by atoms with Crippen LogP contribution in [0.1, 0.15) is 0 Å². The smallest absolute Gasteiger partial charge is 0.149 e. The SMILES string of the molecule is Clc1cc(Nc2ncnc(Cl)c2Br)ccc1Br. The summed E-state index contributed by atoms with van der Waals surface area (Å²) < 4.78 is 1.45. The fraction of sp³-hybridized carbons (Fsp3) is 0. The number of benzene rings is 1. The molecule has 1 aromatic carbocycles. The molecule has 0 saturated heterocycles. The van der Waals surface area contributed by atoms with Crippen LogP contribution in [0, 0.1) is 0 Å². The van der Waals surface area contributed by atoms with E-state index in [1.165, 1.54) is 6.33 Å². The number of aromatic nitrogens is 2. The van der Waals surface area contributed by atoms with Crippen LogP contribution in [0.4, 0.5) is 11.5 Å². The Balaban J connectivity index is 2.31. The zero-order valence-corrected chi connectivity index (χ0v) is 12.9. The highest BCUT2D eigenvalue weighted by atomic mass is 79.9. The zero-order valence-electron chi connectivity index (χ0n) is 8.22. The summed E-state index contributed by atoms with van der Waals surface area (Å²) >= 11 is 18.5. The molecule has 0 aliphatic rings. The summed E-state index contributed by atoms with van der Waals surface area (Å²) in [7, 11) is 0. The maximum Gasteiger partial charge on any atom is 0.149 e. The Kier molecular flexibility index (Phi) is 4.25. The molecule has 7 heteroatoms. The number of hydrogen-bond donors (Lipinski definition) is 1. The summed E-state index contributed by atoms with van der Waals surface area (Å²) in [5.74, 6) is 0.586. The highest BCUT2D eigenvalue weighted by Crippen LogP contribution is 2.31. The molecule has 1 aromatic heterocycles. The maximum absolute atomic E-state index is 5.99. The quantitative estimate of drug-likeness (QED) is 0.720. The lowest BCUT2D eigenvalue weighted by atomic mass is 10.3. The van der Waals surface area contributed by atoms with Gasteiger partial charge in [-0.1, -0.05) is 23.2 Å². The van der Waals surface area contributed by atoms with Gasteiger partial charge in [-0.2, -0.15) is 0 Å². The van der Waals surface area contributed by atoms with Crippen molar-refractivity contribution in [3.8, 4) is 0 Å². The van der Waals surface area contributed by atoms with E-state index in [4.69, 9.17) is 23.2 Å². The third-order valence-electron chi connectivity index (χ3n) is 1.93. The van der Waals surface area contributed by atoms with Gasteiger partial charge in [-0.25, -0.2) is 9.97 Å². The van der Waals surface area contributed by atoms with E-state index in [0.717, 1.165) is 10.2 Å². The number of hydrogen-bond acceptors (Lipinski definition) is 3. The second kappa shape index (κ2) is 5.52. The standard InChI is InChI=1S/C10H5Br2Cl2N3/c11-6-2-1-5(3-7(6)13)17-10-8(12)9(14)15-4-16-10/h1-4H,(H,15,16,17). The van der Waals surface area contributed by atoms with Crippen molar-refractivity contribution in [2.45, 2.75) is 0 Å². The van der Waals surface area contributed by atoms with Crippen molar-refractivity contribution >= 4 is 66.6 Å². The van der Waals surface area contributed by atoms with Crippen molar-refractivity contribution < 1.29 is 0 Å². The van der Waals surface area contributed by atoms with E-state index < -0.39 is 0 Å². The van der Waals surface area contributed by atoms with E-state index >= 15 is 0 Å². The second-order valence-electron chi connectivity index (χ2n) is 3.08. The predicted octanol–water partition coefficient (Wildman–Crippen LogP) is 5.05. The predicted molar refractivity (Wildman–Crippen MR) is 77.2 cm³/mol. The number of nitrogens with zero attached hydrogens (tertiary/aromatic N) is 2. The highest BCUT2D eigenvalue weighted by Gasteiger charge is 2.07. The van der Waals surface area contributed by atoms with Crippen LogP contribution in [0.2, 0.25) is 10.2 Å². The molecule has 3 nitrogen and oxygen atoms in total. The van der Waals surface area contributed by atoms with Crippen molar-refractivity contribution in [2.24, 2.45) is 0 Å². The van der Waals surface area contributed by atoms with E-state index in [-0.39, 0.29) is 0 Å². The summed E-state index contributed by atoms with van der Waals surface area (Å²) in [5.41, 5.74) is 0.814. The van der Waals surface area contributed by atoms with Gasteiger partial charge in [-0.3, -0.25) is 0 Å². The fourth-order valence-electron chi connectivity index (χ4n) is 1.15. The van der Waals surface area contributed by atoms with Gasteiger partial charge in [0.05, 0.1) is 9.50 Å². The summed E-state index contributed by atoms with van der Waals surface area (Å²) in [5, 5.41) is 4.06. The van der Waals surface area contributed by atoms with Gasteiger partial charge in [0.15, 0.2) is 0 Å². The third-order valence-corrected chi connectivity index (χ3v) is 4.43. The molecule has 17 heavy (non-hydrogen) atoms. The Bertz CT molecular complexity index is 563. The van der Waals surface area contributed by atoms with E-state index in [1.807, 2.05) is 12.1 Å². The summed E-state index contributed by atoms with van der Waals surface area (Å²) in [6.45, 7) is 0. The van der Waals surface area contributed by atoms with Gasteiger partial charge in [0.25, 0.3) is 0 Å². The van der Waals surface area contributed by atoms with E-state index in [9.17, 15) is 0 Å². The number of nitrogens with one attached hydrogen (secondary N) is 1. The molecule has 0 radical (unpaired) electrons. The van der Waals surface area contributed by atoms with E-state index in [0.29, 0.717) is 20.5 Å². The van der Waals surface area contributed by atoms with Crippen molar-refractivity contribution in [3.63, 3.8) is 0 Å². The van der Waals surface area contributed by atoms with Crippen molar-refractivity contribution in [2.75, 3.05) is 5.32 Å². The number of halogens is 4. The first-order valence-corrected chi connectivity index (χ1v) is 6.80. The van der Waals surface area contributed by atoms with Crippen molar-refractivity contribution in [3.05, 3.63) is 43.6 Å². The first-order valence-electron chi connectivity index (χ1n) is 4.46. The molecule has 0 unspecified atom stereocenters. The van der Waals surface area contributed by atoms with Crippen LogP contribution in [0.5, 0.6) is 0 Å². The molecular formula is C10H5Br2Cl2N3. The minimum Gasteiger partial charge on any atom is -0.339 e. The average molecular weight is 398 g/mol. The Hall–Kier alpha value is -0.360. The molecule has 2 rings (SSSR count). The largest absolute Gasteiger partial charge is 0.339 e. The summed E-state index contributed by atoms with van der Waals surface area (Å²) in [6.07, 6.45) is 1.38. The van der Waals surface area contributed by atoms with Gasteiger partial charge >= 0.3 is 0 Å². The van der Waals surface area contributed by atoms with Gasteiger partial charge in [0.2, 0.25) is 0 Å². The summed E-state index contributed by atoms with van der Waals surface area (Å²) in [6, 6.07) is 5.51. The molecule has 0 atom stereocenters. The van der Waals surface area contributed by atoms with Crippen LogP contribution in [0.25, 0.3) is 0 Å². The third kappa shape index (κ3) is 3.10. The van der Waals surface area contributed by atoms with Crippen LogP contribution >= 0.6 is 55.1 Å². The molecule has 0 aliphatic heterocycles. The summed E-state index contributed by atoms with van der Waals surface area (Å²) in [4.78, 5) is 7.92. The Labute approximate surface area is 125 Å². The monoisotopic (exact) mass is 395 g/mol. The number of anilines is 2. The Morgan fingerprint density at radius 2 is 1.88 bits per heavy atom. The van der Waals surface area contributed by atoms with Crippen LogP contribution in [-0.2, 0) is 0 Å². The van der Waals surface area contributed by atoms with Crippen LogP contribution in [0.3, 0.4) is 0 Å². The van der Waals surface area contributed by atoms with Gasteiger partial charge < -0.3 is 5.32 Å². The first kappa shape index (κ1) is 13.1. The molecule has 0 bridgehead atoms. The van der Waals surface area contributed by atoms with Gasteiger partial charge in [-0.05, 0) is 50.1 Å². The second-order valence-corrected chi connectivity index (χ2v) is 5.49. The normalized spacial score (nSPS) is 10.4. The molecule has 2 aromatic rings. The average Bonchev–Trinajstić information content (AvgIpc) is 2.30. The van der Waals surface area contributed by atoms with E-state index in [1.54, 1.807) is 6.07 Å². The Morgan fingerprint density at radius 1 is 1.12 bits per heavy atom. The zero-order chi connectivity index (χ0) is 12.4. The maximum atomic E-state index is 5.99. The molecule has 0 fully saturated rings. The first-order chi connectivity index (χ1) is 8.08. The molecule has 0 saturated carbocycles. The van der Waals surface area contributed by atoms with Crippen LogP contribution in [-0.4, -0.2) is 9.97 Å². The number of rotatable bonds is 2. The molecule has 0 amide bonds. The minimum atomic E-state index is 0.353. The topological polar surface area (TPSA) is 37.8 Å². The van der Waals surface area contributed by atoms with E-state index in [2.05, 4.69) is 47.1 Å². The van der Waals surface area contributed by atoms with Crippen molar-refractivity contribution in [1.29, 1.82) is 0 Å². The van der Waals surface area contributed by atoms with Gasteiger partial charge in [0, 0.05) is 10.2 Å². The lowest BCUT2D eigenvalue weighted by Gasteiger charge is -2.08. The Morgan fingerprint density at radius 3 is 2.59 bits per heavy atom. The minimum absolute atomic E-state index is 0.353. The molecule has 88 valence electrons. The molecular weight excluding hydrogens is 393 g/mol. The van der Waals surface area contributed by atoms with Crippen LogP contribution in [0.15, 0.2) is 33.5 Å². The fourth-order valence-corrected chi connectivity index (χ4v) is 2.01. The highest BCUT2D eigenvalue weighted by molar-refractivity contribution is 9.11. The van der Waals surface area contributed by atoms with Gasteiger partial charge in [-0.15, -0.1) is 0 Å². The lowest BCUT2D eigenvalue weighted by molar-refractivity contribution is 1.15. The van der Waals surface area contributed by atoms with Crippen LogP contribution < -0.4 is 5.32 Å².